The van der Waals surface area contributed by atoms with Crippen LogP contribution in [0.15, 0.2) is 18.2 Å². The highest BCUT2D eigenvalue weighted by atomic mass is 19.4. The summed E-state index contributed by atoms with van der Waals surface area (Å²) in [6.07, 6.45) is 1.26. The van der Waals surface area contributed by atoms with Gasteiger partial charge in [-0.3, -0.25) is 0 Å². The van der Waals surface area contributed by atoms with Crippen molar-refractivity contribution in [1.82, 2.24) is 0 Å². The molecule has 0 saturated heterocycles. The van der Waals surface area contributed by atoms with Gasteiger partial charge in [0.05, 0.1) is 0 Å². The van der Waals surface area contributed by atoms with Gasteiger partial charge in [-0.15, -0.1) is 5.46 Å². The third-order valence-electron chi connectivity index (χ3n) is 2.57. The molecule has 0 bridgehead atoms. The van der Waals surface area contributed by atoms with E-state index in [2.05, 4.69) is 0 Å². The van der Waals surface area contributed by atoms with E-state index in [1.54, 1.807) is 6.07 Å². The van der Waals surface area contributed by atoms with Crippen LogP contribution in [0, 0.1) is 0 Å². The first-order valence-electron chi connectivity index (χ1n) is 4.54. The van der Waals surface area contributed by atoms with Crippen molar-refractivity contribution in [1.29, 1.82) is 0 Å². The Kier molecular flexibility index (Phi) is 2.07. The van der Waals surface area contributed by atoms with Crippen LogP contribution in [-0.4, -0.2) is 13.0 Å². The molecule has 5 heteroatoms. The predicted octanol–water partition coefficient (Wildman–Crippen LogP) is 1.17. The molecule has 14 heavy (non-hydrogen) atoms. The quantitative estimate of drug-likeness (QED) is 0.676. The Bertz CT molecular complexity index is 362. The molecule has 1 aliphatic carbocycles. The summed E-state index contributed by atoms with van der Waals surface area (Å²) in [5, 5.41) is 0. The molecular weight excluding hydrogens is 190 g/mol. The third kappa shape index (κ3) is 1.64. The summed E-state index contributed by atoms with van der Waals surface area (Å²) in [5.41, 5.74) is 6.87. The first-order valence-corrected chi connectivity index (χ1v) is 4.54. The van der Waals surface area contributed by atoms with E-state index in [4.69, 9.17) is 5.73 Å². The Hall–Kier alpha value is -0.965. The molecule has 0 spiro atoms. The number of fused-ring (bicyclic) bond motifs is 1. The van der Waals surface area contributed by atoms with Crippen LogP contribution in [-0.2, 0) is 12.8 Å². The highest BCUT2D eigenvalue weighted by Gasteiger charge is 2.27. The molecule has 0 radical (unpaired) electrons. The lowest BCUT2D eigenvalue weighted by Crippen LogP contribution is -2.34. The Morgan fingerprint density at radius 1 is 1.14 bits per heavy atom. The zero-order valence-corrected chi connectivity index (χ0v) is 7.51. The van der Waals surface area contributed by atoms with Crippen molar-refractivity contribution in [3.8, 4) is 0 Å². The Morgan fingerprint density at radius 2 is 1.79 bits per heavy atom. The Labute approximate surface area is 80.2 Å². The van der Waals surface area contributed by atoms with Crippen molar-refractivity contribution in [2.75, 3.05) is 0 Å². The fourth-order valence-electron chi connectivity index (χ4n) is 1.88. The van der Waals surface area contributed by atoms with Crippen LogP contribution in [0.2, 0.25) is 0 Å². The normalized spacial score (nSPS) is 21.0. The second-order valence-corrected chi connectivity index (χ2v) is 3.77. The summed E-state index contributed by atoms with van der Waals surface area (Å²) < 4.78 is 37.2. The van der Waals surface area contributed by atoms with E-state index < -0.39 is 12.4 Å². The standard InChI is InChI=1S/C9H10BF3N/c11-10(12,13)8-2-1-6-4-9(14)5-7(6)3-8/h1-3,9H,4-5,14H2/q-1. The molecule has 0 amide bonds. The van der Waals surface area contributed by atoms with Gasteiger partial charge in [0.1, 0.15) is 0 Å². The summed E-state index contributed by atoms with van der Waals surface area (Å²) in [5.74, 6) is 0. The number of hydrogen-bond acceptors (Lipinski definition) is 1. The van der Waals surface area contributed by atoms with E-state index in [1.165, 1.54) is 6.07 Å². The summed E-state index contributed by atoms with van der Waals surface area (Å²) in [6.45, 7) is -4.87. The van der Waals surface area contributed by atoms with Crippen LogP contribution in [0.1, 0.15) is 11.1 Å². The van der Waals surface area contributed by atoms with Crippen LogP contribution >= 0.6 is 0 Å². The van der Waals surface area contributed by atoms with Crippen LogP contribution in [0.25, 0.3) is 0 Å². The molecule has 0 fully saturated rings. The lowest BCUT2D eigenvalue weighted by molar-refractivity contribution is 0.501. The van der Waals surface area contributed by atoms with Gasteiger partial charge in [-0.25, -0.2) is 0 Å². The fraction of sp³-hybridized carbons (Fsp3) is 0.333. The van der Waals surface area contributed by atoms with Crippen molar-refractivity contribution in [3.05, 3.63) is 29.3 Å². The first kappa shape index (κ1) is 9.58. The van der Waals surface area contributed by atoms with Gasteiger partial charge in [-0.2, -0.15) is 0 Å². The fourth-order valence-corrected chi connectivity index (χ4v) is 1.88. The van der Waals surface area contributed by atoms with Crippen molar-refractivity contribution in [2.24, 2.45) is 5.73 Å². The molecule has 0 aliphatic heterocycles. The van der Waals surface area contributed by atoms with Crippen LogP contribution in [0.3, 0.4) is 0 Å². The molecule has 1 aliphatic rings. The average Bonchev–Trinajstić information content (AvgIpc) is 2.41. The number of hydrogen-bond donors (Lipinski definition) is 1. The van der Waals surface area contributed by atoms with Gasteiger partial charge in [0, 0.05) is 6.04 Å². The zero-order chi connectivity index (χ0) is 10.3. The number of nitrogens with two attached hydrogens (primary N) is 1. The zero-order valence-electron chi connectivity index (χ0n) is 7.51. The average molecular weight is 200 g/mol. The smallest absolute Gasteiger partial charge is 0.445 e. The summed E-state index contributed by atoms with van der Waals surface area (Å²) >= 11 is 0. The van der Waals surface area contributed by atoms with Gasteiger partial charge < -0.3 is 18.7 Å². The lowest BCUT2D eigenvalue weighted by atomic mass is 9.79. The summed E-state index contributed by atoms with van der Waals surface area (Å²) in [7, 11) is 0. The molecule has 0 aromatic heterocycles. The van der Waals surface area contributed by atoms with E-state index in [-0.39, 0.29) is 6.04 Å². The van der Waals surface area contributed by atoms with E-state index >= 15 is 0 Å². The SMILES string of the molecule is NC1Cc2ccc([B-](F)(F)F)cc2C1. The molecule has 0 heterocycles. The van der Waals surface area contributed by atoms with Gasteiger partial charge in [-0.05, 0) is 24.0 Å². The van der Waals surface area contributed by atoms with E-state index in [1.807, 2.05) is 0 Å². The van der Waals surface area contributed by atoms with E-state index in [0.29, 0.717) is 12.8 Å². The number of benzene rings is 1. The van der Waals surface area contributed by atoms with Crippen molar-refractivity contribution < 1.29 is 12.9 Å². The minimum atomic E-state index is -4.87. The second-order valence-electron chi connectivity index (χ2n) is 3.77. The second kappa shape index (κ2) is 3.02. The van der Waals surface area contributed by atoms with Crippen LogP contribution < -0.4 is 11.2 Å². The van der Waals surface area contributed by atoms with Crippen molar-refractivity contribution >= 4 is 12.4 Å². The van der Waals surface area contributed by atoms with E-state index in [9.17, 15) is 12.9 Å². The molecule has 2 rings (SSSR count). The summed E-state index contributed by atoms with van der Waals surface area (Å²) in [4.78, 5) is 0. The number of halogens is 3. The van der Waals surface area contributed by atoms with Crippen LogP contribution in [0.4, 0.5) is 12.9 Å². The highest BCUT2D eigenvalue weighted by Crippen LogP contribution is 2.21. The molecule has 76 valence electrons. The molecule has 2 N–H and O–H groups in total. The number of rotatable bonds is 1. The van der Waals surface area contributed by atoms with Gasteiger partial charge in [0.15, 0.2) is 0 Å². The highest BCUT2D eigenvalue weighted by molar-refractivity contribution is 6.73. The lowest BCUT2D eigenvalue weighted by Gasteiger charge is -2.15. The minimum absolute atomic E-state index is 0.0130. The Balaban J connectivity index is 2.38. The minimum Gasteiger partial charge on any atom is -0.445 e. The monoisotopic (exact) mass is 200 g/mol. The van der Waals surface area contributed by atoms with Gasteiger partial charge in [0.25, 0.3) is 0 Å². The third-order valence-corrected chi connectivity index (χ3v) is 2.57. The molecule has 1 nitrogen and oxygen atoms in total. The van der Waals surface area contributed by atoms with Crippen LogP contribution in [0.5, 0.6) is 0 Å². The van der Waals surface area contributed by atoms with Gasteiger partial charge >= 0.3 is 6.98 Å². The van der Waals surface area contributed by atoms with Gasteiger partial charge in [0.2, 0.25) is 0 Å². The molecule has 1 atom stereocenters. The molecule has 1 aromatic rings. The topological polar surface area (TPSA) is 26.0 Å². The maximum Gasteiger partial charge on any atom is 0.509 e. The predicted molar refractivity (Wildman–Crippen MR) is 50.5 cm³/mol. The largest absolute Gasteiger partial charge is 0.509 e. The maximum absolute atomic E-state index is 12.4. The molecular formula is C9H10BF3N-. The van der Waals surface area contributed by atoms with Gasteiger partial charge in [-0.1, -0.05) is 18.2 Å². The van der Waals surface area contributed by atoms with Crippen molar-refractivity contribution in [3.63, 3.8) is 0 Å². The Morgan fingerprint density at radius 3 is 2.43 bits per heavy atom. The molecule has 1 unspecified atom stereocenters. The van der Waals surface area contributed by atoms with E-state index in [0.717, 1.165) is 17.2 Å². The summed E-state index contributed by atoms with van der Waals surface area (Å²) in [6, 6.07) is 3.92. The molecule has 1 aromatic carbocycles. The first-order chi connectivity index (χ1) is 6.47. The molecule has 0 saturated carbocycles. The van der Waals surface area contributed by atoms with Crippen molar-refractivity contribution in [2.45, 2.75) is 18.9 Å². The maximum atomic E-state index is 12.4.